The molecule has 0 unspecified atom stereocenters. The number of hydrogen-bond donors (Lipinski definition) is 0. The van der Waals surface area contributed by atoms with Crippen LogP contribution in [0.5, 0.6) is 5.75 Å². The van der Waals surface area contributed by atoms with Crippen molar-refractivity contribution in [1.82, 2.24) is 9.88 Å². The van der Waals surface area contributed by atoms with Crippen molar-refractivity contribution in [1.29, 1.82) is 0 Å². The summed E-state index contributed by atoms with van der Waals surface area (Å²) in [5.74, 6) is 0.912. The van der Waals surface area contributed by atoms with E-state index < -0.39 is 0 Å². The minimum Gasteiger partial charge on any atom is -0.497 e. The second-order valence-corrected chi connectivity index (χ2v) is 7.32. The normalized spacial score (nSPS) is 23.3. The van der Waals surface area contributed by atoms with E-state index in [1.807, 2.05) is 6.07 Å². The molecule has 3 heterocycles. The lowest BCUT2D eigenvalue weighted by atomic mass is 10.1. The molecule has 2 aliphatic rings. The van der Waals surface area contributed by atoms with Gasteiger partial charge in [0, 0.05) is 19.1 Å². The van der Waals surface area contributed by atoms with Gasteiger partial charge in [-0.2, -0.15) is 0 Å². The molecule has 0 radical (unpaired) electrons. The number of benzene rings is 1. The Kier molecular flexibility index (Phi) is 3.92. The molecule has 0 spiro atoms. The standard InChI is InChI=1S/C17H23N3OS/c1-21-14-5-6-15-16(11-14)22-17(18-15)20-10-7-13(12-20)19-8-3-2-4-9-19/h5-6,11,13H,2-4,7-10,12H2,1H3/t13-/m1/s1. The van der Waals surface area contributed by atoms with Gasteiger partial charge in [0.2, 0.25) is 0 Å². The molecule has 0 amide bonds. The molecule has 0 saturated carbocycles. The van der Waals surface area contributed by atoms with E-state index in [1.165, 1.54) is 48.6 Å². The maximum atomic E-state index is 5.31. The van der Waals surface area contributed by atoms with Crippen LogP contribution in [0, 0.1) is 0 Å². The van der Waals surface area contributed by atoms with Gasteiger partial charge in [0.05, 0.1) is 17.3 Å². The quantitative estimate of drug-likeness (QED) is 0.868. The van der Waals surface area contributed by atoms with Gasteiger partial charge < -0.3 is 9.64 Å². The highest BCUT2D eigenvalue weighted by Crippen LogP contribution is 2.33. The number of aromatic nitrogens is 1. The summed E-state index contributed by atoms with van der Waals surface area (Å²) < 4.78 is 6.53. The lowest BCUT2D eigenvalue weighted by Gasteiger charge is -2.32. The maximum Gasteiger partial charge on any atom is 0.186 e. The summed E-state index contributed by atoms with van der Waals surface area (Å²) in [4.78, 5) is 9.98. The Hall–Kier alpha value is -1.33. The topological polar surface area (TPSA) is 28.6 Å². The van der Waals surface area contributed by atoms with Gasteiger partial charge in [0.15, 0.2) is 5.13 Å². The highest BCUT2D eigenvalue weighted by molar-refractivity contribution is 7.22. The fourth-order valence-corrected chi connectivity index (χ4v) is 4.68. The number of ether oxygens (including phenoxy) is 1. The van der Waals surface area contributed by atoms with Crippen LogP contribution in [-0.2, 0) is 0 Å². The van der Waals surface area contributed by atoms with Gasteiger partial charge >= 0.3 is 0 Å². The van der Waals surface area contributed by atoms with E-state index >= 15 is 0 Å². The molecular formula is C17H23N3OS. The van der Waals surface area contributed by atoms with Gasteiger partial charge in [0.1, 0.15) is 5.75 Å². The van der Waals surface area contributed by atoms with Crippen molar-refractivity contribution in [2.75, 3.05) is 38.2 Å². The summed E-state index contributed by atoms with van der Waals surface area (Å²) in [6.45, 7) is 4.85. The van der Waals surface area contributed by atoms with Crippen molar-refractivity contribution in [2.45, 2.75) is 31.7 Å². The second kappa shape index (κ2) is 6.05. The number of anilines is 1. The van der Waals surface area contributed by atoms with Gasteiger partial charge in [-0.05, 0) is 50.6 Å². The van der Waals surface area contributed by atoms with Crippen LogP contribution in [0.1, 0.15) is 25.7 Å². The summed E-state index contributed by atoms with van der Waals surface area (Å²) >= 11 is 1.79. The Balaban J connectivity index is 1.50. The molecule has 5 heteroatoms. The number of methoxy groups -OCH3 is 1. The Morgan fingerprint density at radius 2 is 2.05 bits per heavy atom. The fraction of sp³-hybridized carbons (Fsp3) is 0.588. The third-order valence-corrected chi connectivity index (χ3v) is 6.00. The van der Waals surface area contributed by atoms with Crippen molar-refractivity contribution in [3.63, 3.8) is 0 Å². The highest BCUT2D eigenvalue weighted by Gasteiger charge is 2.29. The second-order valence-electron chi connectivity index (χ2n) is 6.32. The van der Waals surface area contributed by atoms with E-state index in [-0.39, 0.29) is 0 Å². The molecule has 2 aliphatic heterocycles. The van der Waals surface area contributed by atoms with Crippen LogP contribution < -0.4 is 9.64 Å². The number of likely N-dealkylation sites (tertiary alicyclic amines) is 1. The van der Waals surface area contributed by atoms with E-state index in [9.17, 15) is 0 Å². The van der Waals surface area contributed by atoms with Crippen LogP contribution in [0.4, 0.5) is 5.13 Å². The Labute approximate surface area is 135 Å². The van der Waals surface area contributed by atoms with E-state index in [2.05, 4.69) is 21.9 Å². The van der Waals surface area contributed by atoms with E-state index in [0.717, 1.165) is 30.4 Å². The van der Waals surface area contributed by atoms with Crippen molar-refractivity contribution in [2.24, 2.45) is 0 Å². The number of thiazole rings is 1. The van der Waals surface area contributed by atoms with Crippen LogP contribution in [0.2, 0.25) is 0 Å². The molecule has 22 heavy (non-hydrogen) atoms. The van der Waals surface area contributed by atoms with Crippen molar-refractivity contribution < 1.29 is 4.74 Å². The molecule has 2 aromatic rings. The number of nitrogens with zero attached hydrogens (tertiary/aromatic N) is 3. The average molecular weight is 317 g/mol. The Morgan fingerprint density at radius 1 is 1.18 bits per heavy atom. The molecule has 2 fully saturated rings. The molecule has 0 bridgehead atoms. The SMILES string of the molecule is COc1ccc2nc(N3CC[C@@H](N4CCCCC4)C3)sc2c1. The smallest absolute Gasteiger partial charge is 0.186 e. The van der Waals surface area contributed by atoms with Crippen LogP contribution in [-0.4, -0.2) is 49.2 Å². The molecule has 0 N–H and O–H groups in total. The first kappa shape index (κ1) is 14.3. The molecule has 4 rings (SSSR count). The predicted octanol–water partition coefficient (Wildman–Crippen LogP) is 3.37. The largest absolute Gasteiger partial charge is 0.497 e. The molecule has 0 aliphatic carbocycles. The lowest BCUT2D eigenvalue weighted by Crippen LogP contribution is -2.40. The Bertz CT molecular complexity index is 650. The minimum absolute atomic E-state index is 0.724. The van der Waals surface area contributed by atoms with Crippen LogP contribution in [0.15, 0.2) is 18.2 Å². The van der Waals surface area contributed by atoms with E-state index in [1.54, 1.807) is 18.4 Å². The summed E-state index contributed by atoms with van der Waals surface area (Å²) in [5, 5.41) is 1.17. The van der Waals surface area contributed by atoms with E-state index in [4.69, 9.17) is 9.72 Å². The Morgan fingerprint density at radius 3 is 2.86 bits per heavy atom. The van der Waals surface area contributed by atoms with Crippen LogP contribution >= 0.6 is 11.3 Å². The molecule has 2 saturated heterocycles. The summed E-state index contributed by atoms with van der Waals surface area (Å²) in [6.07, 6.45) is 5.43. The predicted molar refractivity (Wildman–Crippen MR) is 92.2 cm³/mol. The minimum atomic E-state index is 0.724. The third kappa shape index (κ3) is 2.68. The zero-order valence-electron chi connectivity index (χ0n) is 13.1. The van der Waals surface area contributed by atoms with Gasteiger partial charge in [-0.3, -0.25) is 4.90 Å². The van der Waals surface area contributed by atoms with Gasteiger partial charge in [-0.1, -0.05) is 17.8 Å². The first-order valence-electron chi connectivity index (χ1n) is 8.27. The van der Waals surface area contributed by atoms with Crippen molar-refractivity contribution in [3.05, 3.63) is 18.2 Å². The highest BCUT2D eigenvalue weighted by atomic mass is 32.1. The zero-order chi connectivity index (χ0) is 14.9. The summed E-state index contributed by atoms with van der Waals surface area (Å²) in [7, 11) is 1.72. The molecule has 4 nitrogen and oxygen atoms in total. The van der Waals surface area contributed by atoms with Crippen molar-refractivity contribution >= 4 is 26.7 Å². The van der Waals surface area contributed by atoms with Crippen LogP contribution in [0.25, 0.3) is 10.2 Å². The maximum absolute atomic E-state index is 5.31. The monoisotopic (exact) mass is 317 g/mol. The van der Waals surface area contributed by atoms with Gasteiger partial charge in [0.25, 0.3) is 0 Å². The number of piperidine rings is 1. The van der Waals surface area contributed by atoms with E-state index in [0.29, 0.717) is 0 Å². The zero-order valence-corrected chi connectivity index (χ0v) is 13.9. The number of rotatable bonds is 3. The van der Waals surface area contributed by atoms with Crippen molar-refractivity contribution in [3.8, 4) is 5.75 Å². The third-order valence-electron chi connectivity index (χ3n) is 4.93. The number of hydrogen-bond acceptors (Lipinski definition) is 5. The molecular weight excluding hydrogens is 294 g/mol. The first-order chi connectivity index (χ1) is 10.8. The molecule has 1 atom stereocenters. The summed E-state index contributed by atoms with van der Waals surface area (Å²) in [5.41, 5.74) is 1.09. The first-order valence-corrected chi connectivity index (χ1v) is 9.09. The summed E-state index contributed by atoms with van der Waals surface area (Å²) in [6, 6.07) is 6.87. The molecule has 1 aromatic heterocycles. The number of fused-ring (bicyclic) bond motifs is 1. The molecule has 1 aromatic carbocycles. The van der Waals surface area contributed by atoms with Gasteiger partial charge in [-0.25, -0.2) is 4.98 Å². The molecule has 118 valence electrons. The van der Waals surface area contributed by atoms with Gasteiger partial charge in [-0.15, -0.1) is 0 Å². The fourth-order valence-electron chi connectivity index (χ4n) is 3.65. The van der Waals surface area contributed by atoms with Crippen LogP contribution in [0.3, 0.4) is 0 Å². The average Bonchev–Trinajstić information content (AvgIpc) is 3.21. The lowest BCUT2D eigenvalue weighted by molar-refractivity contribution is 0.175.